The van der Waals surface area contributed by atoms with Crippen molar-refractivity contribution < 1.29 is 0 Å². The van der Waals surface area contributed by atoms with Gasteiger partial charge in [0, 0.05) is 37.9 Å². The Morgan fingerprint density at radius 3 is 2.62 bits per heavy atom. The maximum Gasteiger partial charge on any atom is 0.287 e. The Hall–Kier alpha value is -2.15. The van der Waals surface area contributed by atoms with E-state index in [1.165, 1.54) is 4.68 Å². The number of halogens is 1. The summed E-state index contributed by atoms with van der Waals surface area (Å²) in [5, 5.41) is 7.55. The lowest BCUT2D eigenvalue weighted by Crippen LogP contribution is -2.40. The maximum absolute atomic E-state index is 11.8. The standard InChI is InChI=1S/C16H21ClN6O/c1-10-8-14(20-11(2)19-10)23-6-4-12(5-7-23)21-13-9-18-22(3)16(24)15(13)17/h8-9,12,21H,4-7H2,1-3H3. The van der Waals surface area contributed by atoms with Crippen LogP contribution in [-0.2, 0) is 7.05 Å². The monoisotopic (exact) mass is 348 g/mol. The van der Waals surface area contributed by atoms with Crippen molar-refractivity contribution in [1.29, 1.82) is 0 Å². The van der Waals surface area contributed by atoms with Gasteiger partial charge in [-0.25, -0.2) is 14.6 Å². The first-order valence-corrected chi connectivity index (χ1v) is 8.37. The van der Waals surface area contributed by atoms with Crippen molar-refractivity contribution >= 4 is 23.1 Å². The second-order valence-electron chi connectivity index (χ2n) is 6.12. The molecular formula is C16H21ClN6O. The predicted octanol–water partition coefficient (Wildman–Crippen LogP) is 1.92. The van der Waals surface area contributed by atoms with Crippen LogP contribution in [0.25, 0.3) is 0 Å². The van der Waals surface area contributed by atoms with Crippen LogP contribution in [0.15, 0.2) is 17.1 Å². The van der Waals surface area contributed by atoms with Gasteiger partial charge in [-0.1, -0.05) is 11.6 Å². The quantitative estimate of drug-likeness (QED) is 0.913. The summed E-state index contributed by atoms with van der Waals surface area (Å²) < 4.78 is 1.23. The van der Waals surface area contributed by atoms with Crippen molar-refractivity contribution in [2.75, 3.05) is 23.3 Å². The summed E-state index contributed by atoms with van der Waals surface area (Å²) in [6.07, 6.45) is 3.48. The molecule has 0 amide bonds. The zero-order valence-corrected chi connectivity index (χ0v) is 14.8. The van der Waals surface area contributed by atoms with Crippen LogP contribution in [0.1, 0.15) is 24.4 Å². The van der Waals surface area contributed by atoms with E-state index in [-0.39, 0.29) is 16.6 Å². The average Bonchev–Trinajstić information content (AvgIpc) is 2.55. The normalized spacial score (nSPS) is 15.6. The van der Waals surface area contributed by atoms with E-state index in [4.69, 9.17) is 11.6 Å². The van der Waals surface area contributed by atoms with Crippen LogP contribution in [0.5, 0.6) is 0 Å². The van der Waals surface area contributed by atoms with Gasteiger partial charge in [0.2, 0.25) is 0 Å². The molecule has 0 aliphatic carbocycles. The highest BCUT2D eigenvalue weighted by atomic mass is 35.5. The summed E-state index contributed by atoms with van der Waals surface area (Å²) in [4.78, 5) is 22.9. The van der Waals surface area contributed by atoms with Crippen molar-refractivity contribution in [3.05, 3.63) is 39.2 Å². The molecule has 128 valence electrons. The molecule has 1 fully saturated rings. The Kier molecular flexibility index (Phi) is 4.71. The van der Waals surface area contributed by atoms with Crippen molar-refractivity contribution in [1.82, 2.24) is 19.7 Å². The molecule has 0 atom stereocenters. The smallest absolute Gasteiger partial charge is 0.287 e. The Morgan fingerprint density at radius 2 is 1.96 bits per heavy atom. The lowest BCUT2D eigenvalue weighted by molar-refractivity contribution is 0.522. The number of aryl methyl sites for hydroxylation is 3. The van der Waals surface area contributed by atoms with E-state index >= 15 is 0 Å². The van der Waals surface area contributed by atoms with Crippen LogP contribution in [0.3, 0.4) is 0 Å². The highest BCUT2D eigenvalue weighted by molar-refractivity contribution is 6.32. The third-order valence-electron chi connectivity index (χ3n) is 4.21. The van der Waals surface area contributed by atoms with Crippen molar-refractivity contribution in [2.24, 2.45) is 7.05 Å². The molecule has 3 heterocycles. The van der Waals surface area contributed by atoms with Gasteiger partial charge in [-0.05, 0) is 26.7 Å². The second-order valence-corrected chi connectivity index (χ2v) is 6.50. The lowest BCUT2D eigenvalue weighted by Gasteiger charge is -2.33. The summed E-state index contributed by atoms with van der Waals surface area (Å²) >= 11 is 6.11. The molecule has 1 aliphatic rings. The van der Waals surface area contributed by atoms with Crippen LogP contribution < -0.4 is 15.8 Å². The number of hydrogen-bond acceptors (Lipinski definition) is 6. The molecule has 0 bridgehead atoms. The molecule has 1 N–H and O–H groups in total. The Labute approximate surface area is 145 Å². The van der Waals surface area contributed by atoms with Gasteiger partial charge in [-0.2, -0.15) is 5.10 Å². The summed E-state index contributed by atoms with van der Waals surface area (Å²) in [6.45, 7) is 5.68. The van der Waals surface area contributed by atoms with Crippen LogP contribution in [0.4, 0.5) is 11.5 Å². The zero-order valence-electron chi connectivity index (χ0n) is 14.1. The number of hydrogen-bond donors (Lipinski definition) is 1. The van der Waals surface area contributed by atoms with Crippen molar-refractivity contribution in [2.45, 2.75) is 32.7 Å². The predicted molar refractivity (Wildman–Crippen MR) is 94.9 cm³/mol. The van der Waals surface area contributed by atoms with E-state index in [1.54, 1.807) is 13.2 Å². The Bertz CT molecular complexity index is 777. The molecule has 0 saturated carbocycles. The first-order chi connectivity index (χ1) is 11.4. The summed E-state index contributed by atoms with van der Waals surface area (Å²) in [5.74, 6) is 1.77. The van der Waals surface area contributed by atoms with Gasteiger partial charge in [0.1, 0.15) is 16.7 Å². The molecule has 1 saturated heterocycles. The number of aromatic nitrogens is 4. The van der Waals surface area contributed by atoms with Gasteiger partial charge in [0.25, 0.3) is 5.56 Å². The summed E-state index contributed by atoms with van der Waals surface area (Å²) in [5.41, 5.74) is 1.30. The molecule has 3 rings (SSSR count). The van der Waals surface area contributed by atoms with E-state index in [0.29, 0.717) is 5.69 Å². The van der Waals surface area contributed by atoms with E-state index < -0.39 is 0 Å². The first-order valence-electron chi connectivity index (χ1n) is 7.99. The first kappa shape index (κ1) is 16.7. The van der Waals surface area contributed by atoms with Gasteiger partial charge in [0.05, 0.1) is 11.9 Å². The molecule has 0 aromatic carbocycles. The summed E-state index contributed by atoms with van der Waals surface area (Å²) in [6, 6.07) is 2.28. The highest BCUT2D eigenvalue weighted by Crippen LogP contribution is 2.23. The SMILES string of the molecule is Cc1cc(N2CCC(Nc3cnn(C)c(=O)c3Cl)CC2)nc(C)n1. The fraction of sp³-hybridized carbons (Fsp3) is 0.500. The molecule has 2 aromatic rings. The van der Waals surface area contributed by atoms with Gasteiger partial charge in [0.15, 0.2) is 0 Å². The molecule has 0 radical (unpaired) electrons. The number of piperidine rings is 1. The van der Waals surface area contributed by atoms with Crippen LogP contribution in [0.2, 0.25) is 5.02 Å². The lowest BCUT2D eigenvalue weighted by atomic mass is 10.0. The van der Waals surface area contributed by atoms with Gasteiger partial charge >= 0.3 is 0 Å². The number of nitrogens with one attached hydrogen (secondary N) is 1. The molecule has 2 aromatic heterocycles. The van der Waals surface area contributed by atoms with Gasteiger partial charge in [-0.15, -0.1) is 0 Å². The van der Waals surface area contributed by atoms with Gasteiger partial charge in [-0.3, -0.25) is 4.79 Å². The van der Waals surface area contributed by atoms with E-state index in [9.17, 15) is 4.79 Å². The maximum atomic E-state index is 11.8. The topological polar surface area (TPSA) is 75.9 Å². The van der Waals surface area contributed by atoms with Gasteiger partial charge < -0.3 is 10.2 Å². The third kappa shape index (κ3) is 3.51. The minimum Gasteiger partial charge on any atom is -0.380 e. The molecule has 0 spiro atoms. The molecule has 1 aliphatic heterocycles. The average molecular weight is 349 g/mol. The third-order valence-corrected chi connectivity index (χ3v) is 4.57. The van der Waals surface area contributed by atoms with E-state index in [0.717, 1.165) is 43.3 Å². The highest BCUT2D eigenvalue weighted by Gasteiger charge is 2.21. The van der Waals surface area contributed by atoms with Crippen LogP contribution >= 0.6 is 11.6 Å². The zero-order chi connectivity index (χ0) is 17.3. The molecule has 24 heavy (non-hydrogen) atoms. The fourth-order valence-electron chi connectivity index (χ4n) is 2.94. The van der Waals surface area contributed by atoms with Crippen molar-refractivity contribution in [3.8, 4) is 0 Å². The fourth-order valence-corrected chi connectivity index (χ4v) is 3.17. The van der Waals surface area contributed by atoms with E-state index in [1.807, 2.05) is 19.9 Å². The van der Waals surface area contributed by atoms with Crippen LogP contribution in [0, 0.1) is 13.8 Å². The second kappa shape index (κ2) is 6.76. The minimum absolute atomic E-state index is 0.192. The van der Waals surface area contributed by atoms with Crippen molar-refractivity contribution in [3.63, 3.8) is 0 Å². The summed E-state index contributed by atoms with van der Waals surface area (Å²) in [7, 11) is 1.59. The van der Waals surface area contributed by atoms with Crippen LogP contribution in [-0.4, -0.2) is 38.9 Å². The number of anilines is 2. The molecule has 8 heteroatoms. The number of rotatable bonds is 3. The number of nitrogens with zero attached hydrogens (tertiary/aromatic N) is 5. The minimum atomic E-state index is -0.286. The Balaban J connectivity index is 1.65. The largest absolute Gasteiger partial charge is 0.380 e. The molecule has 7 nitrogen and oxygen atoms in total. The molecular weight excluding hydrogens is 328 g/mol. The van der Waals surface area contributed by atoms with E-state index in [2.05, 4.69) is 25.3 Å². The molecule has 0 unspecified atom stereocenters. The Morgan fingerprint density at radius 1 is 1.25 bits per heavy atom.